The van der Waals surface area contributed by atoms with E-state index in [1.807, 2.05) is 0 Å². The van der Waals surface area contributed by atoms with Crippen molar-refractivity contribution in [1.82, 2.24) is 4.90 Å². The summed E-state index contributed by atoms with van der Waals surface area (Å²) in [5, 5.41) is 12.2. The lowest BCUT2D eigenvalue weighted by Crippen LogP contribution is -2.42. The maximum atomic E-state index is 12.1. The number of nitrogens with one attached hydrogen (secondary N) is 1. The predicted octanol–water partition coefficient (Wildman–Crippen LogP) is 3.18. The Morgan fingerprint density at radius 2 is 2.21 bits per heavy atom. The molecule has 2 rings (SSSR count). The number of aliphatic carboxylic acids is 1. The van der Waals surface area contributed by atoms with Gasteiger partial charge < -0.3 is 15.3 Å². The van der Waals surface area contributed by atoms with E-state index in [-0.39, 0.29) is 0 Å². The van der Waals surface area contributed by atoms with Crippen molar-refractivity contribution in [3.63, 3.8) is 0 Å². The smallest absolute Gasteiger partial charge is 0.326 e. The largest absolute Gasteiger partial charge is 0.480 e. The summed E-state index contributed by atoms with van der Waals surface area (Å²) >= 11 is 9.16. The Bertz CT molecular complexity index is 524. The molecule has 2 N–H and O–H groups in total. The summed E-state index contributed by atoms with van der Waals surface area (Å²) in [6, 6.07) is 3.84. The van der Waals surface area contributed by atoms with Gasteiger partial charge in [0.15, 0.2) is 0 Å². The van der Waals surface area contributed by atoms with Crippen LogP contribution in [0.15, 0.2) is 22.7 Å². The van der Waals surface area contributed by atoms with Crippen LogP contribution in [0.4, 0.5) is 10.5 Å². The van der Waals surface area contributed by atoms with Gasteiger partial charge in [0.25, 0.3) is 0 Å². The topological polar surface area (TPSA) is 69.6 Å². The number of halogens is 2. The van der Waals surface area contributed by atoms with E-state index in [4.69, 9.17) is 16.7 Å². The van der Waals surface area contributed by atoms with Crippen molar-refractivity contribution in [3.05, 3.63) is 27.7 Å². The lowest BCUT2D eigenvalue weighted by atomic mass is 10.2. The number of benzene rings is 1. The molecule has 2 amide bonds. The third-order valence-corrected chi connectivity index (χ3v) is 3.90. The summed E-state index contributed by atoms with van der Waals surface area (Å²) in [4.78, 5) is 24.4. The lowest BCUT2D eigenvalue weighted by Gasteiger charge is -2.22. The van der Waals surface area contributed by atoms with Gasteiger partial charge in [0.1, 0.15) is 6.04 Å². The van der Waals surface area contributed by atoms with E-state index in [2.05, 4.69) is 21.2 Å². The van der Waals surface area contributed by atoms with Crippen molar-refractivity contribution in [2.24, 2.45) is 0 Å². The number of anilines is 1. The monoisotopic (exact) mass is 346 g/mol. The Labute approximate surface area is 123 Å². The van der Waals surface area contributed by atoms with Gasteiger partial charge in [0.05, 0.1) is 5.69 Å². The fourth-order valence-corrected chi connectivity index (χ4v) is 2.56. The van der Waals surface area contributed by atoms with Gasteiger partial charge in [-0.25, -0.2) is 9.59 Å². The second kappa shape index (κ2) is 5.79. The van der Waals surface area contributed by atoms with Crippen molar-refractivity contribution in [2.45, 2.75) is 18.9 Å². The normalized spacial score (nSPS) is 18.4. The van der Waals surface area contributed by atoms with Crippen LogP contribution in [-0.2, 0) is 4.79 Å². The predicted molar refractivity (Wildman–Crippen MR) is 75.5 cm³/mol. The molecule has 102 valence electrons. The third kappa shape index (κ3) is 3.19. The number of carbonyl (C=O) groups is 2. The van der Waals surface area contributed by atoms with E-state index in [9.17, 15) is 9.59 Å². The van der Waals surface area contributed by atoms with Gasteiger partial charge >= 0.3 is 12.0 Å². The van der Waals surface area contributed by atoms with Crippen molar-refractivity contribution in [3.8, 4) is 0 Å². The Morgan fingerprint density at radius 1 is 1.47 bits per heavy atom. The summed E-state index contributed by atoms with van der Waals surface area (Å²) in [5.41, 5.74) is 0.522. The molecule has 0 aromatic heterocycles. The van der Waals surface area contributed by atoms with Gasteiger partial charge in [-0.2, -0.15) is 0 Å². The first-order valence-corrected chi connectivity index (χ1v) is 6.91. The first kappa shape index (κ1) is 14.1. The minimum absolute atomic E-state index is 0.423. The van der Waals surface area contributed by atoms with Gasteiger partial charge in [-0.3, -0.25) is 0 Å². The van der Waals surface area contributed by atoms with Crippen LogP contribution < -0.4 is 5.32 Å². The van der Waals surface area contributed by atoms with Gasteiger partial charge in [-0.05, 0) is 47.0 Å². The lowest BCUT2D eigenvalue weighted by molar-refractivity contribution is -0.141. The number of carboxylic acid groups (broad SMARTS) is 1. The molecule has 1 fully saturated rings. The molecular weight excluding hydrogens is 336 g/mol. The summed E-state index contributed by atoms with van der Waals surface area (Å²) in [5.74, 6) is -0.974. The number of nitrogens with zero attached hydrogens (tertiary/aromatic N) is 1. The Balaban J connectivity index is 2.12. The van der Waals surface area contributed by atoms with Crippen LogP contribution in [0, 0.1) is 0 Å². The molecule has 0 spiro atoms. The van der Waals surface area contributed by atoms with Crippen LogP contribution in [0.3, 0.4) is 0 Å². The first-order valence-electron chi connectivity index (χ1n) is 5.74. The zero-order chi connectivity index (χ0) is 14.0. The molecule has 1 heterocycles. The van der Waals surface area contributed by atoms with E-state index in [0.29, 0.717) is 34.6 Å². The Kier molecular flexibility index (Phi) is 4.31. The minimum Gasteiger partial charge on any atom is -0.480 e. The molecule has 7 heteroatoms. The maximum Gasteiger partial charge on any atom is 0.326 e. The van der Waals surface area contributed by atoms with E-state index in [0.717, 1.165) is 0 Å². The van der Waals surface area contributed by atoms with E-state index in [1.165, 1.54) is 4.90 Å². The van der Waals surface area contributed by atoms with Gasteiger partial charge in [-0.15, -0.1) is 0 Å². The fraction of sp³-hybridized carbons (Fsp3) is 0.333. The van der Waals surface area contributed by atoms with Crippen LogP contribution in [0.5, 0.6) is 0 Å². The van der Waals surface area contributed by atoms with Crippen LogP contribution in [0.25, 0.3) is 0 Å². The molecule has 0 bridgehead atoms. The average molecular weight is 348 g/mol. The maximum absolute atomic E-state index is 12.1. The van der Waals surface area contributed by atoms with Crippen molar-refractivity contribution < 1.29 is 14.7 Å². The number of hydrogen-bond donors (Lipinski definition) is 2. The summed E-state index contributed by atoms with van der Waals surface area (Å²) in [6.07, 6.45) is 1.18. The molecule has 19 heavy (non-hydrogen) atoms. The summed E-state index contributed by atoms with van der Waals surface area (Å²) in [7, 11) is 0. The zero-order valence-electron chi connectivity index (χ0n) is 9.90. The standard InChI is InChI=1S/C12H12BrClN2O3/c13-8-4-3-7(14)6-9(8)15-12(19)16-5-1-2-10(16)11(17)18/h3-4,6,10H,1-2,5H2,(H,15,19)(H,17,18)/t10-/m1/s1. The number of likely N-dealkylation sites (tertiary alicyclic amines) is 1. The first-order chi connectivity index (χ1) is 8.99. The van der Waals surface area contributed by atoms with E-state index < -0.39 is 18.0 Å². The van der Waals surface area contributed by atoms with E-state index >= 15 is 0 Å². The summed E-state index contributed by atoms with van der Waals surface area (Å²) in [6.45, 7) is 0.445. The number of urea groups is 1. The molecule has 0 unspecified atom stereocenters. The highest BCUT2D eigenvalue weighted by Gasteiger charge is 2.34. The fourth-order valence-electron chi connectivity index (χ4n) is 2.05. The Morgan fingerprint density at radius 3 is 2.89 bits per heavy atom. The van der Waals surface area contributed by atoms with Gasteiger partial charge in [0, 0.05) is 16.0 Å². The molecule has 1 saturated heterocycles. The molecule has 0 saturated carbocycles. The highest BCUT2D eigenvalue weighted by atomic mass is 79.9. The Hall–Kier alpha value is -1.27. The average Bonchev–Trinajstić information content (AvgIpc) is 2.83. The number of hydrogen-bond acceptors (Lipinski definition) is 2. The van der Waals surface area contributed by atoms with Gasteiger partial charge in [0.2, 0.25) is 0 Å². The number of rotatable bonds is 2. The third-order valence-electron chi connectivity index (χ3n) is 2.97. The molecule has 5 nitrogen and oxygen atoms in total. The molecule has 0 radical (unpaired) electrons. The number of carboxylic acids is 1. The van der Waals surface area contributed by atoms with E-state index in [1.54, 1.807) is 18.2 Å². The highest BCUT2D eigenvalue weighted by molar-refractivity contribution is 9.10. The second-order valence-corrected chi connectivity index (χ2v) is 5.53. The molecular formula is C12H12BrClN2O3. The van der Waals surface area contributed by atoms with Crippen molar-refractivity contribution in [1.29, 1.82) is 0 Å². The highest BCUT2D eigenvalue weighted by Crippen LogP contribution is 2.27. The van der Waals surface area contributed by atoms with Crippen LogP contribution in [-0.4, -0.2) is 34.6 Å². The molecule has 0 aliphatic carbocycles. The van der Waals surface area contributed by atoms with Gasteiger partial charge in [-0.1, -0.05) is 11.6 Å². The SMILES string of the molecule is O=C(O)[C@H]1CCCN1C(=O)Nc1cc(Cl)ccc1Br. The quantitative estimate of drug-likeness (QED) is 0.863. The molecule has 1 aliphatic heterocycles. The molecule has 1 aromatic rings. The zero-order valence-corrected chi connectivity index (χ0v) is 12.2. The minimum atomic E-state index is -0.974. The van der Waals surface area contributed by atoms with Crippen molar-refractivity contribution in [2.75, 3.05) is 11.9 Å². The number of carbonyl (C=O) groups excluding carboxylic acids is 1. The second-order valence-electron chi connectivity index (χ2n) is 4.24. The molecule has 1 aliphatic rings. The molecule has 1 aromatic carbocycles. The summed E-state index contributed by atoms with van der Waals surface area (Å²) < 4.78 is 0.691. The van der Waals surface area contributed by atoms with Crippen LogP contribution >= 0.6 is 27.5 Å². The van der Waals surface area contributed by atoms with Crippen molar-refractivity contribution >= 4 is 45.2 Å². The van der Waals surface area contributed by atoms with Crippen LogP contribution in [0.2, 0.25) is 5.02 Å². The number of amides is 2. The van der Waals surface area contributed by atoms with Crippen LogP contribution in [0.1, 0.15) is 12.8 Å². The molecule has 1 atom stereocenters.